The summed E-state index contributed by atoms with van der Waals surface area (Å²) in [7, 11) is 1.42. The summed E-state index contributed by atoms with van der Waals surface area (Å²) in [5.41, 5.74) is 8.17. The monoisotopic (exact) mass is 446 g/mol. The number of esters is 1. The molecule has 0 bridgehead atoms. The van der Waals surface area contributed by atoms with E-state index in [1.165, 1.54) is 55.2 Å². The molecule has 4 rings (SSSR count). The van der Waals surface area contributed by atoms with Crippen molar-refractivity contribution in [1.29, 1.82) is 0 Å². The number of unbranched alkanes of at least 4 members (excludes halogenated alkanes) is 2. The number of nitrogens with zero attached hydrogens (tertiary/aromatic N) is 2. The largest absolute Gasteiger partial charge is 0.465 e. The van der Waals surface area contributed by atoms with Gasteiger partial charge in [0.15, 0.2) is 0 Å². The Bertz CT molecular complexity index is 1200. The molecule has 1 aliphatic rings. The molecule has 0 atom stereocenters. The van der Waals surface area contributed by atoms with Crippen LogP contribution in [0.2, 0.25) is 0 Å². The summed E-state index contributed by atoms with van der Waals surface area (Å²) in [6, 6.07) is 10.6. The van der Waals surface area contributed by atoms with E-state index in [-0.39, 0.29) is 16.8 Å². The fraction of sp³-hybridized carbons (Fsp3) is 0.517. The molecule has 4 nitrogen and oxygen atoms in total. The summed E-state index contributed by atoms with van der Waals surface area (Å²) >= 11 is 0. The van der Waals surface area contributed by atoms with E-state index in [0.29, 0.717) is 5.56 Å². The molecule has 0 N–H and O–H groups in total. The second-order valence-electron chi connectivity index (χ2n) is 11.0. The maximum absolute atomic E-state index is 12.1. The molecular weight excluding hydrogens is 408 g/mol. The van der Waals surface area contributed by atoms with E-state index in [9.17, 15) is 4.79 Å². The lowest BCUT2D eigenvalue weighted by Gasteiger charge is -2.42. The van der Waals surface area contributed by atoms with E-state index in [2.05, 4.69) is 58.2 Å². The zero-order valence-corrected chi connectivity index (χ0v) is 21.3. The third kappa shape index (κ3) is 4.20. The van der Waals surface area contributed by atoms with E-state index in [0.717, 1.165) is 29.7 Å². The second-order valence-corrected chi connectivity index (χ2v) is 11.0. The first-order valence-electron chi connectivity index (χ1n) is 12.3. The number of ether oxygens (including phenoxy) is 1. The third-order valence-corrected chi connectivity index (χ3v) is 7.56. The lowest BCUT2D eigenvalue weighted by Crippen LogP contribution is -2.34. The van der Waals surface area contributed by atoms with Gasteiger partial charge in [0.25, 0.3) is 0 Å². The van der Waals surface area contributed by atoms with Gasteiger partial charge < -0.3 is 4.74 Å². The van der Waals surface area contributed by atoms with Crippen molar-refractivity contribution < 1.29 is 9.53 Å². The maximum Gasteiger partial charge on any atom is 0.337 e. The smallest absolute Gasteiger partial charge is 0.337 e. The lowest BCUT2D eigenvalue weighted by molar-refractivity contribution is 0.0601. The van der Waals surface area contributed by atoms with Crippen LogP contribution in [-0.2, 0) is 22.0 Å². The van der Waals surface area contributed by atoms with Gasteiger partial charge in [0.05, 0.1) is 29.4 Å². The normalized spacial score (nSPS) is 16.6. The number of rotatable bonds is 6. The molecule has 0 saturated carbocycles. The van der Waals surface area contributed by atoms with E-state index < -0.39 is 0 Å². The average molecular weight is 447 g/mol. The molecule has 0 radical (unpaired) electrons. The topological polar surface area (TPSA) is 44.1 Å². The van der Waals surface area contributed by atoms with Crippen molar-refractivity contribution in [2.45, 2.75) is 90.9 Å². The average Bonchev–Trinajstić information content (AvgIpc) is 3.13. The molecule has 0 fully saturated rings. The molecule has 1 aliphatic carbocycles. The van der Waals surface area contributed by atoms with E-state index in [1.807, 2.05) is 18.2 Å². The summed E-state index contributed by atoms with van der Waals surface area (Å²) < 4.78 is 7.27. The molecule has 0 unspecified atom stereocenters. The molecule has 4 heteroatoms. The Labute approximate surface area is 198 Å². The lowest BCUT2D eigenvalue weighted by atomic mass is 9.63. The number of carbonyl (C=O) groups is 1. The quantitative estimate of drug-likeness (QED) is 0.297. The Hall–Kier alpha value is -2.62. The third-order valence-electron chi connectivity index (χ3n) is 7.56. The summed E-state index contributed by atoms with van der Waals surface area (Å²) in [6.45, 7) is 13.9. The van der Waals surface area contributed by atoms with E-state index in [4.69, 9.17) is 9.72 Å². The van der Waals surface area contributed by atoms with Crippen molar-refractivity contribution in [3.63, 3.8) is 0 Å². The molecule has 0 spiro atoms. The first-order chi connectivity index (χ1) is 15.6. The minimum Gasteiger partial charge on any atom is -0.465 e. The molecule has 1 heterocycles. The first kappa shape index (κ1) is 23.5. The standard InChI is InChI=1S/C29H38N2O2/c1-8-9-10-11-26-30-23-17-20(27(32)33-7)12-13-24(23)31(26)25-18-22-21(16-19(25)2)28(3,4)14-15-29(22,5)6/h12-13,16-18H,8-11,14-15H2,1-7H3. The van der Waals surface area contributed by atoms with Crippen LogP contribution >= 0.6 is 0 Å². The van der Waals surface area contributed by atoms with Crippen molar-refractivity contribution in [1.82, 2.24) is 9.55 Å². The number of aromatic nitrogens is 2. The van der Waals surface area contributed by atoms with Crippen LogP contribution in [0, 0.1) is 6.92 Å². The highest BCUT2D eigenvalue weighted by atomic mass is 16.5. The predicted molar refractivity (Wildman–Crippen MR) is 136 cm³/mol. The van der Waals surface area contributed by atoms with Gasteiger partial charge in [-0.05, 0) is 78.0 Å². The number of aryl methyl sites for hydroxylation is 2. The molecule has 0 amide bonds. The zero-order valence-electron chi connectivity index (χ0n) is 21.3. The molecule has 3 aromatic rings. The van der Waals surface area contributed by atoms with Gasteiger partial charge in [-0.1, -0.05) is 53.5 Å². The highest BCUT2D eigenvalue weighted by molar-refractivity contribution is 5.94. The Kier molecular flexibility index (Phi) is 6.15. The van der Waals surface area contributed by atoms with Crippen LogP contribution in [0.3, 0.4) is 0 Å². The van der Waals surface area contributed by atoms with Gasteiger partial charge in [0.2, 0.25) is 0 Å². The number of fused-ring (bicyclic) bond motifs is 2. The van der Waals surface area contributed by atoms with Crippen LogP contribution in [-0.4, -0.2) is 22.6 Å². The van der Waals surface area contributed by atoms with Crippen molar-refractivity contribution in [3.8, 4) is 5.69 Å². The van der Waals surface area contributed by atoms with Crippen LogP contribution < -0.4 is 0 Å². The van der Waals surface area contributed by atoms with Gasteiger partial charge >= 0.3 is 5.97 Å². The Morgan fingerprint density at radius 3 is 2.33 bits per heavy atom. The number of hydrogen-bond donors (Lipinski definition) is 0. The van der Waals surface area contributed by atoms with Crippen molar-refractivity contribution >= 4 is 17.0 Å². The van der Waals surface area contributed by atoms with Gasteiger partial charge in [0, 0.05) is 6.42 Å². The predicted octanol–water partition coefficient (Wildman–Crippen LogP) is 7.20. The Balaban J connectivity index is 1.94. The highest BCUT2D eigenvalue weighted by Crippen LogP contribution is 2.47. The number of imidazole rings is 1. The van der Waals surface area contributed by atoms with Gasteiger partial charge in [-0.25, -0.2) is 9.78 Å². The summed E-state index contributed by atoms with van der Waals surface area (Å²) in [5.74, 6) is 0.740. The van der Waals surface area contributed by atoms with Crippen molar-refractivity contribution in [2.24, 2.45) is 0 Å². The minimum atomic E-state index is -0.326. The van der Waals surface area contributed by atoms with Gasteiger partial charge in [-0.3, -0.25) is 4.57 Å². The molecular formula is C29H38N2O2. The SMILES string of the molecule is CCCCCc1nc2cc(C(=O)OC)ccc2n1-c1cc2c(cc1C)C(C)(C)CCC2(C)C. The Morgan fingerprint density at radius 1 is 1.03 bits per heavy atom. The Morgan fingerprint density at radius 2 is 1.70 bits per heavy atom. The fourth-order valence-corrected chi connectivity index (χ4v) is 5.30. The number of methoxy groups -OCH3 is 1. The summed E-state index contributed by atoms with van der Waals surface area (Å²) in [6.07, 6.45) is 6.77. The van der Waals surface area contributed by atoms with Gasteiger partial charge in [-0.15, -0.1) is 0 Å². The van der Waals surface area contributed by atoms with Crippen LogP contribution in [0.25, 0.3) is 16.7 Å². The van der Waals surface area contributed by atoms with Gasteiger partial charge in [-0.2, -0.15) is 0 Å². The minimum absolute atomic E-state index is 0.143. The van der Waals surface area contributed by atoms with Crippen LogP contribution in [0.1, 0.15) is 99.6 Å². The molecule has 0 saturated heterocycles. The maximum atomic E-state index is 12.1. The molecule has 1 aromatic heterocycles. The van der Waals surface area contributed by atoms with E-state index >= 15 is 0 Å². The number of hydrogen-bond acceptors (Lipinski definition) is 3. The van der Waals surface area contributed by atoms with Crippen LogP contribution in [0.5, 0.6) is 0 Å². The molecule has 33 heavy (non-hydrogen) atoms. The van der Waals surface area contributed by atoms with Crippen molar-refractivity contribution in [3.05, 3.63) is 58.4 Å². The summed E-state index contributed by atoms with van der Waals surface area (Å²) in [5, 5.41) is 0. The van der Waals surface area contributed by atoms with Crippen molar-refractivity contribution in [2.75, 3.05) is 7.11 Å². The van der Waals surface area contributed by atoms with Crippen LogP contribution in [0.15, 0.2) is 30.3 Å². The number of carbonyl (C=O) groups excluding carboxylic acids is 1. The molecule has 2 aromatic carbocycles. The van der Waals surface area contributed by atoms with Gasteiger partial charge in [0.1, 0.15) is 5.82 Å². The molecule has 176 valence electrons. The fourth-order valence-electron chi connectivity index (χ4n) is 5.30. The summed E-state index contributed by atoms with van der Waals surface area (Å²) in [4.78, 5) is 17.1. The van der Waals surface area contributed by atoms with E-state index in [1.54, 1.807) is 0 Å². The second kappa shape index (κ2) is 8.62. The first-order valence-corrected chi connectivity index (χ1v) is 12.3. The highest BCUT2D eigenvalue weighted by Gasteiger charge is 2.37. The molecule has 0 aliphatic heterocycles. The van der Waals surface area contributed by atoms with Crippen LogP contribution in [0.4, 0.5) is 0 Å². The number of benzene rings is 2. The zero-order chi connectivity index (χ0) is 24.0.